The van der Waals surface area contributed by atoms with Crippen LogP contribution in [0.3, 0.4) is 0 Å². The third-order valence-electron chi connectivity index (χ3n) is 11.5. The average Bonchev–Trinajstić information content (AvgIpc) is 4.08. The van der Waals surface area contributed by atoms with Crippen molar-refractivity contribution < 1.29 is 8.42 Å². The summed E-state index contributed by atoms with van der Waals surface area (Å²) in [5.74, 6) is 3.74. The van der Waals surface area contributed by atoms with Gasteiger partial charge in [0.25, 0.3) is 10.0 Å². The van der Waals surface area contributed by atoms with Gasteiger partial charge >= 0.3 is 0 Å². The van der Waals surface area contributed by atoms with Crippen LogP contribution in [0.1, 0.15) is 96.3 Å². The van der Waals surface area contributed by atoms with E-state index in [1.807, 2.05) is 41.7 Å². The summed E-state index contributed by atoms with van der Waals surface area (Å²) in [6.45, 7) is 18.7. The number of aryl methyl sites for hydroxylation is 1. The Morgan fingerprint density at radius 3 is 1.65 bits per heavy atom. The second-order valence-corrected chi connectivity index (χ2v) is 18.7. The number of aromatic amines is 1. The van der Waals surface area contributed by atoms with Crippen LogP contribution >= 0.6 is 27.0 Å². The molecule has 332 valence electrons. The number of nitrogens with one attached hydrogen (secondary N) is 5. The molecule has 6 aromatic heterocycles. The SMILES string of the molecule is Cc1c(Nc2nc(N[C@@H](C)C3CC3)c3cc[nH]c3n2)cnn1C(C)C.Cc1ccc(S(=O)(=O)n2ccc3c(N[C@@H](C)C4CC4)nc(Nc4cnn(C(C)C)c4C)nc32)cc1.S.S. The highest BCUT2D eigenvalue weighted by Gasteiger charge is 2.30. The van der Waals surface area contributed by atoms with Crippen molar-refractivity contribution in [3.05, 3.63) is 78.1 Å². The van der Waals surface area contributed by atoms with Gasteiger partial charge in [-0.3, -0.25) is 9.36 Å². The standard InChI is InChI=1S/C25H31N7O2S.C18H25N7.2H2S/c1-15(2)32-18(5)22(14-26-32)28-25-29-23(27-17(4)19-8-9-19)21-12-13-31(24(21)30-25)35(33,34)20-10-6-16(3)7-11-20;1-10(2)25-12(4)15(9-20-25)22-18-23-16-14(7-8-19-16)17(24-18)21-11(3)13-5-6-13;;/h6-7,10-15,17,19H,8-9H2,1-5H3,(H2,27,28,29,30);7-11,13H,5-6H2,1-4H3,(H3,19,21,22,23,24);2*1H2/t17-;11-;;/m00../s1. The zero-order chi connectivity index (χ0) is 42.5. The molecule has 2 aliphatic rings. The van der Waals surface area contributed by atoms with Crippen LogP contribution in [0, 0.1) is 32.6 Å². The van der Waals surface area contributed by atoms with Gasteiger partial charge in [0.2, 0.25) is 11.9 Å². The first kappa shape index (κ1) is 46.2. The third kappa shape index (κ3) is 9.68. The number of rotatable bonds is 14. The van der Waals surface area contributed by atoms with E-state index in [1.54, 1.807) is 42.7 Å². The monoisotopic (exact) mass is 900 g/mol. The van der Waals surface area contributed by atoms with Gasteiger partial charge in [-0.15, -0.1) is 0 Å². The van der Waals surface area contributed by atoms with Crippen LogP contribution in [-0.4, -0.2) is 69.0 Å². The molecule has 2 fully saturated rings. The number of hydrogen-bond donors (Lipinski definition) is 5. The zero-order valence-corrected chi connectivity index (χ0v) is 39.6. The Kier molecular flexibility index (Phi) is 13.9. The largest absolute Gasteiger partial charge is 0.367 e. The van der Waals surface area contributed by atoms with E-state index in [1.165, 1.54) is 29.7 Å². The number of H-pyrrole nitrogens is 1. The minimum Gasteiger partial charge on any atom is -0.367 e. The molecule has 0 radical (unpaired) electrons. The van der Waals surface area contributed by atoms with Crippen molar-refractivity contribution in [3.8, 4) is 0 Å². The molecule has 0 amide bonds. The Balaban J connectivity index is 0.000000211. The van der Waals surface area contributed by atoms with E-state index in [9.17, 15) is 8.42 Å². The minimum absolute atomic E-state index is 0. The Hall–Kier alpha value is -5.27. The Labute approximate surface area is 377 Å². The number of anilines is 6. The van der Waals surface area contributed by atoms with Crippen LogP contribution in [0.2, 0.25) is 0 Å². The summed E-state index contributed by atoms with van der Waals surface area (Å²) in [6, 6.07) is 11.8. The molecule has 2 saturated carbocycles. The quantitative estimate of drug-likeness (QED) is 0.0697. The molecule has 2 aliphatic carbocycles. The lowest BCUT2D eigenvalue weighted by molar-refractivity contribution is 0.519. The maximum absolute atomic E-state index is 13.5. The molecule has 9 rings (SSSR count). The molecule has 0 spiro atoms. The number of nitrogens with zero attached hydrogens (tertiary/aromatic N) is 9. The van der Waals surface area contributed by atoms with Crippen molar-refractivity contribution in [2.24, 2.45) is 11.8 Å². The van der Waals surface area contributed by atoms with Crippen molar-refractivity contribution in [2.45, 2.75) is 117 Å². The highest BCUT2D eigenvalue weighted by Crippen LogP contribution is 2.37. The smallest absolute Gasteiger partial charge is 0.269 e. The first-order valence-corrected chi connectivity index (χ1v) is 22.3. The van der Waals surface area contributed by atoms with Crippen LogP contribution in [0.25, 0.3) is 22.1 Å². The fourth-order valence-electron chi connectivity index (χ4n) is 7.52. The molecule has 7 aromatic rings. The van der Waals surface area contributed by atoms with Gasteiger partial charge in [-0.1, -0.05) is 17.7 Å². The van der Waals surface area contributed by atoms with Crippen molar-refractivity contribution in [2.75, 3.05) is 21.3 Å². The van der Waals surface area contributed by atoms with Gasteiger partial charge in [-0.2, -0.15) is 57.1 Å². The molecule has 0 unspecified atom stereocenters. The first-order chi connectivity index (χ1) is 28.7. The summed E-state index contributed by atoms with van der Waals surface area (Å²) >= 11 is 0. The lowest BCUT2D eigenvalue weighted by Gasteiger charge is -2.16. The number of fused-ring (bicyclic) bond motifs is 2. The second-order valence-electron chi connectivity index (χ2n) is 16.9. The highest BCUT2D eigenvalue weighted by atomic mass is 32.2. The lowest BCUT2D eigenvalue weighted by Crippen LogP contribution is -2.19. The topological polar surface area (TPSA) is 190 Å². The van der Waals surface area contributed by atoms with Crippen molar-refractivity contribution in [1.29, 1.82) is 0 Å². The third-order valence-corrected chi connectivity index (χ3v) is 13.1. The summed E-state index contributed by atoms with van der Waals surface area (Å²) in [4.78, 5) is 22.1. The average molecular weight is 901 g/mol. The Morgan fingerprint density at radius 1 is 0.661 bits per heavy atom. The van der Waals surface area contributed by atoms with Crippen LogP contribution in [-0.2, 0) is 10.0 Å². The molecular weight excluding hydrogens is 841 g/mol. The maximum atomic E-state index is 13.5. The molecule has 6 heterocycles. The molecule has 0 saturated heterocycles. The molecule has 16 nitrogen and oxygen atoms in total. The number of aromatic nitrogens is 10. The fraction of sp³-hybridized carbons (Fsp3) is 0.442. The van der Waals surface area contributed by atoms with E-state index in [4.69, 9.17) is 9.97 Å². The molecule has 0 aliphatic heterocycles. The van der Waals surface area contributed by atoms with E-state index in [-0.39, 0.29) is 44.0 Å². The summed E-state index contributed by atoms with van der Waals surface area (Å²) in [5.41, 5.74) is 5.88. The molecule has 2 atom stereocenters. The summed E-state index contributed by atoms with van der Waals surface area (Å²) in [7, 11) is -3.84. The van der Waals surface area contributed by atoms with E-state index in [0.29, 0.717) is 46.7 Å². The number of hydrogen-bond acceptors (Lipinski definition) is 12. The van der Waals surface area contributed by atoms with E-state index < -0.39 is 10.0 Å². The first-order valence-electron chi connectivity index (χ1n) is 20.9. The van der Waals surface area contributed by atoms with Gasteiger partial charge in [-0.25, -0.2) is 12.4 Å². The molecule has 19 heteroatoms. The van der Waals surface area contributed by atoms with Gasteiger partial charge in [0.15, 0.2) is 5.65 Å². The van der Waals surface area contributed by atoms with Crippen molar-refractivity contribution in [3.63, 3.8) is 0 Å². The Morgan fingerprint density at radius 2 is 1.16 bits per heavy atom. The summed E-state index contributed by atoms with van der Waals surface area (Å²) in [5, 5.41) is 24.2. The molecule has 1 aromatic carbocycles. The van der Waals surface area contributed by atoms with Gasteiger partial charge in [0, 0.05) is 36.6 Å². The van der Waals surface area contributed by atoms with Crippen molar-refractivity contribution in [1.82, 2.24) is 48.5 Å². The van der Waals surface area contributed by atoms with E-state index >= 15 is 0 Å². The predicted molar refractivity (Wildman–Crippen MR) is 259 cm³/mol. The van der Waals surface area contributed by atoms with Gasteiger partial charge in [0.05, 0.1) is 50.8 Å². The Bertz CT molecular complexity index is 2750. The lowest BCUT2D eigenvalue weighted by atomic mass is 10.2. The maximum Gasteiger partial charge on any atom is 0.269 e. The predicted octanol–water partition coefficient (Wildman–Crippen LogP) is 9.24. The normalized spacial score (nSPS) is 14.8. The molecule has 0 bridgehead atoms. The van der Waals surface area contributed by atoms with Gasteiger partial charge in [0.1, 0.15) is 17.3 Å². The van der Waals surface area contributed by atoms with Gasteiger partial charge in [-0.05, 0) is 124 Å². The molecule has 62 heavy (non-hydrogen) atoms. The second kappa shape index (κ2) is 18.6. The van der Waals surface area contributed by atoms with Crippen molar-refractivity contribution >= 4 is 94.0 Å². The summed E-state index contributed by atoms with van der Waals surface area (Å²) in [6.07, 6.45) is 12.0. The van der Waals surface area contributed by atoms with Crippen LogP contribution in [0.15, 0.2) is 66.1 Å². The highest BCUT2D eigenvalue weighted by molar-refractivity contribution is 7.90. The van der Waals surface area contributed by atoms with Gasteiger partial charge < -0.3 is 26.3 Å². The molecule has 5 N–H and O–H groups in total. The number of benzene rings is 1. The summed E-state index contributed by atoms with van der Waals surface area (Å²) < 4.78 is 32.2. The molecular formula is C43H60N14O2S3. The zero-order valence-electron chi connectivity index (χ0n) is 36.8. The van der Waals surface area contributed by atoms with Crippen LogP contribution < -0.4 is 21.3 Å². The van der Waals surface area contributed by atoms with Crippen LogP contribution in [0.5, 0.6) is 0 Å². The van der Waals surface area contributed by atoms with E-state index in [0.717, 1.165) is 51.1 Å². The van der Waals surface area contributed by atoms with Crippen LogP contribution in [0.4, 0.5) is 34.9 Å². The fourth-order valence-corrected chi connectivity index (χ4v) is 8.81. The van der Waals surface area contributed by atoms with E-state index in [2.05, 4.69) is 94.9 Å². The minimum atomic E-state index is -3.84.